The summed E-state index contributed by atoms with van der Waals surface area (Å²) in [6, 6.07) is 6.78. The molecule has 3 rings (SSSR count). The van der Waals surface area contributed by atoms with E-state index in [0.717, 1.165) is 12.8 Å². The van der Waals surface area contributed by atoms with E-state index in [4.69, 9.17) is 11.6 Å². The topological polar surface area (TPSA) is 84.3 Å². The number of amides is 2. The highest BCUT2D eigenvalue weighted by atomic mass is 35.5. The van der Waals surface area contributed by atoms with Crippen molar-refractivity contribution in [2.24, 2.45) is 0 Å². The van der Waals surface area contributed by atoms with E-state index in [1.807, 2.05) is 27.7 Å². The first kappa shape index (κ1) is 22.6. The van der Waals surface area contributed by atoms with E-state index in [1.54, 1.807) is 39.9 Å². The summed E-state index contributed by atoms with van der Waals surface area (Å²) >= 11 is 6.00. The van der Waals surface area contributed by atoms with E-state index in [-0.39, 0.29) is 35.1 Å². The third-order valence-electron chi connectivity index (χ3n) is 4.87. The van der Waals surface area contributed by atoms with Crippen LogP contribution in [0.15, 0.2) is 35.6 Å². The van der Waals surface area contributed by atoms with Crippen LogP contribution in [0, 0.1) is 0 Å². The average Bonchev–Trinajstić information content (AvgIpc) is 3.36. The van der Waals surface area contributed by atoms with Crippen LogP contribution in [-0.2, 0) is 22.1 Å². The third kappa shape index (κ3) is 5.35. The molecule has 1 aliphatic carbocycles. The van der Waals surface area contributed by atoms with Crippen LogP contribution in [0.1, 0.15) is 57.8 Å². The van der Waals surface area contributed by atoms with Crippen LogP contribution in [0.3, 0.4) is 0 Å². The average molecular weight is 453 g/mol. The Labute approximate surface area is 183 Å². The fraction of sp³-hybridized carbons (Fsp3) is 0.524. The van der Waals surface area contributed by atoms with Crippen LogP contribution in [0.25, 0.3) is 0 Å². The number of carbonyl (C=O) groups is 1. The van der Waals surface area contributed by atoms with E-state index in [9.17, 15) is 13.2 Å². The predicted octanol–water partition coefficient (Wildman–Crippen LogP) is 4.17. The second kappa shape index (κ2) is 8.98. The normalized spacial score (nSPS) is 14.4. The highest BCUT2D eigenvalue weighted by molar-refractivity contribution is 7.90. The van der Waals surface area contributed by atoms with Gasteiger partial charge < -0.3 is 14.8 Å². The van der Waals surface area contributed by atoms with Gasteiger partial charge in [0.1, 0.15) is 0 Å². The second-order valence-corrected chi connectivity index (χ2v) is 10.7. The Balaban J connectivity index is 1.90. The molecule has 2 amide bonds. The summed E-state index contributed by atoms with van der Waals surface area (Å²) in [6.07, 6.45) is 3.49. The number of imidazole rings is 1. The van der Waals surface area contributed by atoms with Gasteiger partial charge in [0.25, 0.3) is 0 Å². The Hall–Kier alpha value is -2.06. The second-order valence-electron chi connectivity index (χ2n) is 8.35. The van der Waals surface area contributed by atoms with Crippen molar-refractivity contribution in [2.75, 3.05) is 0 Å². The number of rotatable bonds is 8. The van der Waals surface area contributed by atoms with E-state index >= 15 is 0 Å². The maximum absolute atomic E-state index is 13.1. The summed E-state index contributed by atoms with van der Waals surface area (Å²) in [5, 5.41) is 3.45. The molecule has 0 atom stereocenters. The zero-order valence-electron chi connectivity index (χ0n) is 17.8. The van der Waals surface area contributed by atoms with E-state index in [0.29, 0.717) is 22.8 Å². The molecule has 0 unspecified atom stereocenters. The molecule has 1 aromatic carbocycles. The van der Waals surface area contributed by atoms with Gasteiger partial charge in [0, 0.05) is 23.1 Å². The number of urea groups is 1. The number of benzene rings is 1. The molecule has 9 heteroatoms. The number of nitrogens with one attached hydrogen (secondary N) is 1. The number of hydrogen-bond acceptors (Lipinski definition) is 4. The van der Waals surface area contributed by atoms with Crippen molar-refractivity contribution in [1.29, 1.82) is 0 Å². The van der Waals surface area contributed by atoms with Gasteiger partial charge in [-0.15, -0.1) is 0 Å². The molecule has 1 N–H and O–H groups in total. The summed E-state index contributed by atoms with van der Waals surface area (Å²) in [5.41, 5.74) is 1.32. The summed E-state index contributed by atoms with van der Waals surface area (Å²) in [4.78, 5) is 18.7. The Morgan fingerprint density at radius 3 is 2.57 bits per heavy atom. The first-order valence-electron chi connectivity index (χ1n) is 10.2. The van der Waals surface area contributed by atoms with Crippen molar-refractivity contribution < 1.29 is 13.2 Å². The molecule has 0 aliphatic heterocycles. The molecule has 1 aromatic heterocycles. The van der Waals surface area contributed by atoms with Crippen molar-refractivity contribution in [3.05, 3.63) is 46.7 Å². The van der Waals surface area contributed by atoms with Crippen LogP contribution in [0.2, 0.25) is 5.02 Å². The number of sulfone groups is 1. The van der Waals surface area contributed by atoms with Crippen LogP contribution in [0.5, 0.6) is 0 Å². The zero-order chi connectivity index (χ0) is 22.1. The van der Waals surface area contributed by atoms with Crippen molar-refractivity contribution in [3.8, 4) is 0 Å². The maximum atomic E-state index is 13.1. The third-order valence-corrected chi connectivity index (χ3v) is 6.68. The number of carbonyl (C=O) groups excluding carboxylic acids is 1. The molecule has 2 aromatic rings. The fourth-order valence-corrected chi connectivity index (χ4v) is 5.25. The van der Waals surface area contributed by atoms with Gasteiger partial charge in [-0.3, -0.25) is 0 Å². The lowest BCUT2D eigenvalue weighted by Crippen LogP contribution is -2.44. The SMILES string of the molecule is CC(C)NC(=O)N(Cc1cnc(S(=O)(=O)Cc2cccc(Cl)c2)n1C(C)C)C1CC1. The zero-order valence-corrected chi connectivity index (χ0v) is 19.4. The van der Waals surface area contributed by atoms with Crippen LogP contribution >= 0.6 is 11.6 Å². The Morgan fingerprint density at radius 1 is 1.30 bits per heavy atom. The number of aromatic nitrogens is 2. The molecule has 1 aliphatic rings. The van der Waals surface area contributed by atoms with Crippen molar-refractivity contribution >= 4 is 27.5 Å². The summed E-state index contributed by atoms with van der Waals surface area (Å²) in [7, 11) is -3.69. The highest BCUT2D eigenvalue weighted by Gasteiger charge is 2.34. The van der Waals surface area contributed by atoms with Gasteiger partial charge in [0.05, 0.1) is 24.2 Å². The molecule has 1 saturated carbocycles. The Kier molecular flexibility index (Phi) is 6.77. The molecular weight excluding hydrogens is 424 g/mol. The van der Waals surface area contributed by atoms with Crippen LogP contribution in [-0.4, -0.2) is 41.0 Å². The minimum Gasteiger partial charge on any atom is -0.336 e. The molecule has 7 nitrogen and oxygen atoms in total. The predicted molar refractivity (Wildman–Crippen MR) is 117 cm³/mol. The van der Waals surface area contributed by atoms with Gasteiger partial charge in [-0.2, -0.15) is 0 Å². The molecular formula is C21H29ClN4O3S. The molecule has 0 radical (unpaired) electrons. The first-order chi connectivity index (χ1) is 14.1. The lowest BCUT2D eigenvalue weighted by atomic mass is 10.2. The van der Waals surface area contributed by atoms with Crippen LogP contribution in [0.4, 0.5) is 4.79 Å². The molecule has 1 heterocycles. The summed E-state index contributed by atoms with van der Waals surface area (Å²) in [5.74, 6) is -0.184. The summed E-state index contributed by atoms with van der Waals surface area (Å²) in [6.45, 7) is 7.99. The Morgan fingerprint density at radius 2 is 2.00 bits per heavy atom. The van der Waals surface area contributed by atoms with Crippen molar-refractivity contribution in [1.82, 2.24) is 19.8 Å². The Bertz CT molecular complexity index is 1010. The molecule has 0 bridgehead atoms. The highest BCUT2D eigenvalue weighted by Crippen LogP contribution is 2.30. The number of hydrogen-bond donors (Lipinski definition) is 1. The van der Waals surface area contributed by atoms with Gasteiger partial charge in [0.2, 0.25) is 15.0 Å². The standard InChI is InChI=1S/C21H29ClN4O3S/c1-14(2)24-20(27)25(18-8-9-18)12-19-11-23-21(26(19)15(3)4)30(28,29)13-16-6-5-7-17(22)10-16/h5-7,10-11,14-15,18H,8-9,12-13H2,1-4H3,(H,24,27). The molecule has 0 spiro atoms. The van der Waals surface area contributed by atoms with Gasteiger partial charge >= 0.3 is 6.03 Å². The quantitative estimate of drug-likeness (QED) is 0.651. The first-order valence-corrected chi connectivity index (χ1v) is 12.2. The monoisotopic (exact) mass is 452 g/mol. The minimum absolute atomic E-state index is 0.0208. The van der Waals surface area contributed by atoms with Gasteiger partial charge in [0.15, 0.2) is 0 Å². The van der Waals surface area contributed by atoms with E-state index < -0.39 is 9.84 Å². The summed E-state index contributed by atoms with van der Waals surface area (Å²) < 4.78 is 28.0. The maximum Gasteiger partial charge on any atom is 0.318 e. The molecule has 0 saturated heterocycles. The van der Waals surface area contributed by atoms with Gasteiger partial charge in [-0.25, -0.2) is 18.2 Å². The van der Waals surface area contributed by atoms with E-state index in [1.165, 1.54) is 0 Å². The minimum atomic E-state index is -3.69. The van der Waals surface area contributed by atoms with E-state index in [2.05, 4.69) is 10.3 Å². The van der Waals surface area contributed by atoms with Crippen LogP contribution < -0.4 is 5.32 Å². The number of halogens is 1. The number of nitrogens with zero attached hydrogens (tertiary/aromatic N) is 3. The fourth-order valence-electron chi connectivity index (χ4n) is 3.44. The van der Waals surface area contributed by atoms with Crippen molar-refractivity contribution in [2.45, 2.75) is 76.1 Å². The molecule has 30 heavy (non-hydrogen) atoms. The lowest BCUT2D eigenvalue weighted by molar-refractivity contribution is 0.187. The largest absolute Gasteiger partial charge is 0.336 e. The van der Waals surface area contributed by atoms with Gasteiger partial charge in [-0.05, 0) is 58.2 Å². The molecule has 1 fully saturated rings. The van der Waals surface area contributed by atoms with Gasteiger partial charge in [-0.1, -0.05) is 23.7 Å². The lowest BCUT2D eigenvalue weighted by Gasteiger charge is -2.25. The molecule has 164 valence electrons. The smallest absolute Gasteiger partial charge is 0.318 e. The van der Waals surface area contributed by atoms with Crippen molar-refractivity contribution in [3.63, 3.8) is 0 Å².